The predicted molar refractivity (Wildman–Crippen MR) is 137 cm³/mol. The van der Waals surface area contributed by atoms with Crippen LogP contribution in [-0.2, 0) is 35.6 Å². The second-order valence-electron chi connectivity index (χ2n) is 8.73. The molecule has 0 bridgehead atoms. The molecule has 3 heterocycles. The van der Waals surface area contributed by atoms with Gasteiger partial charge in [-0.3, -0.25) is 14.2 Å². The molecule has 1 N–H and O–H groups in total. The molecule has 3 aromatic rings. The fourth-order valence-electron chi connectivity index (χ4n) is 3.88. The van der Waals surface area contributed by atoms with Crippen LogP contribution in [0.5, 0.6) is 5.75 Å². The van der Waals surface area contributed by atoms with Crippen molar-refractivity contribution in [2.45, 2.75) is 57.1 Å². The number of fused-ring (bicyclic) bond motifs is 3. The molecule has 0 unspecified atom stereocenters. The molecule has 0 spiro atoms. The molecule has 0 saturated carbocycles. The van der Waals surface area contributed by atoms with Gasteiger partial charge < -0.3 is 14.8 Å². The minimum Gasteiger partial charge on any atom is -0.497 e. The highest BCUT2D eigenvalue weighted by molar-refractivity contribution is 7.99. The van der Waals surface area contributed by atoms with Gasteiger partial charge >= 0.3 is 0 Å². The number of allylic oxidation sites excluding steroid dienone is 1. The van der Waals surface area contributed by atoms with Crippen molar-refractivity contribution in [1.82, 2.24) is 14.9 Å². The SMILES string of the molecule is C=CCn1c(SCCC(=O)NCc2ccc(OC)cc2)nc2sc3c(c2c1=O)CC(C)(C)OC3. The van der Waals surface area contributed by atoms with Crippen molar-refractivity contribution >= 4 is 39.2 Å². The van der Waals surface area contributed by atoms with Crippen LogP contribution in [-0.4, -0.2) is 33.9 Å². The van der Waals surface area contributed by atoms with Crippen molar-refractivity contribution in [3.63, 3.8) is 0 Å². The zero-order chi connectivity index (χ0) is 24.3. The minimum absolute atomic E-state index is 0.0482. The number of ether oxygens (including phenoxy) is 2. The van der Waals surface area contributed by atoms with Crippen LogP contribution in [0.1, 0.15) is 36.3 Å². The van der Waals surface area contributed by atoms with Gasteiger partial charge in [-0.2, -0.15) is 0 Å². The second-order valence-corrected chi connectivity index (χ2v) is 10.9. The summed E-state index contributed by atoms with van der Waals surface area (Å²) in [5.74, 6) is 1.25. The Hall–Kier alpha value is -2.62. The van der Waals surface area contributed by atoms with Gasteiger partial charge in [-0.15, -0.1) is 17.9 Å². The third-order valence-corrected chi connectivity index (χ3v) is 7.75. The van der Waals surface area contributed by atoms with Gasteiger partial charge in [-0.25, -0.2) is 4.98 Å². The number of methoxy groups -OCH3 is 1. The number of rotatable bonds is 9. The molecule has 34 heavy (non-hydrogen) atoms. The Morgan fingerprint density at radius 1 is 1.38 bits per heavy atom. The van der Waals surface area contributed by atoms with Gasteiger partial charge in [0.25, 0.3) is 5.56 Å². The summed E-state index contributed by atoms with van der Waals surface area (Å²) in [7, 11) is 1.62. The highest BCUT2D eigenvalue weighted by atomic mass is 32.2. The van der Waals surface area contributed by atoms with Gasteiger partial charge in [0.1, 0.15) is 10.6 Å². The first-order chi connectivity index (χ1) is 16.3. The molecule has 7 nitrogen and oxygen atoms in total. The third kappa shape index (κ3) is 5.37. The van der Waals surface area contributed by atoms with Crippen molar-refractivity contribution in [2.24, 2.45) is 0 Å². The summed E-state index contributed by atoms with van der Waals surface area (Å²) in [5, 5.41) is 4.24. The van der Waals surface area contributed by atoms with E-state index in [0.29, 0.717) is 48.8 Å². The second kappa shape index (κ2) is 10.3. The molecule has 2 aromatic heterocycles. The number of carbonyl (C=O) groups excluding carboxylic acids is 1. The van der Waals surface area contributed by atoms with E-state index >= 15 is 0 Å². The highest BCUT2D eigenvalue weighted by Crippen LogP contribution is 2.37. The molecule has 4 rings (SSSR count). The first-order valence-electron chi connectivity index (χ1n) is 11.1. The number of amides is 1. The first kappa shape index (κ1) is 24.5. The van der Waals surface area contributed by atoms with E-state index in [1.807, 2.05) is 38.1 Å². The average Bonchev–Trinajstić information content (AvgIpc) is 3.17. The summed E-state index contributed by atoms with van der Waals surface area (Å²) in [6.45, 7) is 9.22. The molecule has 1 amide bonds. The quantitative estimate of drug-likeness (QED) is 0.269. The van der Waals surface area contributed by atoms with Crippen LogP contribution < -0.4 is 15.6 Å². The van der Waals surface area contributed by atoms with Crippen LogP contribution in [0, 0.1) is 0 Å². The maximum absolute atomic E-state index is 13.4. The number of aromatic nitrogens is 2. The highest BCUT2D eigenvalue weighted by Gasteiger charge is 2.31. The Balaban J connectivity index is 1.45. The summed E-state index contributed by atoms with van der Waals surface area (Å²) in [5.41, 5.74) is 1.71. The maximum Gasteiger partial charge on any atom is 0.263 e. The summed E-state index contributed by atoms with van der Waals surface area (Å²) in [6, 6.07) is 7.59. The molecular formula is C25H29N3O4S2. The van der Waals surface area contributed by atoms with Crippen molar-refractivity contribution < 1.29 is 14.3 Å². The van der Waals surface area contributed by atoms with Crippen LogP contribution in [0.2, 0.25) is 0 Å². The minimum atomic E-state index is -0.302. The monoisotopic (exact) mass is 499 g/mol. The number of hydrogen-bond donors (Lipinski definition) is 1. The molecule has 180 valence electrons. The Kier molecular flexibility index (Phi) is 7.45. The molecule has 1 aliphatic heterocycles. The van der Waals surface area contributed by atoms with Crippen LogP contribution in [0.3, 0.4) is 0 Å². The summed E-state index contributed by atoms with van der Waals surface area (Å²) >= 11 is 2.95. The lowest BCUT2D eigenvalue weighted by Crippen LogP contribution is -2.32. The number of nitrogens with one attached hydrogen (secondary N) is 1. The number of thioether (sulfide) groups is 1. The normalized spacial score (nSPS) is 14.6. The van der Waals surface area contributed by atoms with E-state index in [2.05, 4.69) is 11.9 Å². The zero-order valence-electron chi connectivity index (χ0n) is 19.7. The average molecular weight is 500 g/mol. The van der Waals surface area contributed by atoms with Crippen LogP contribution in [0.15, 0.2) is 46.9 Å². The van der Waals surface area contributed by atoms with Crippen molar-refractivity contribution in [3.05, 3.63) is 63.3 Å². The van der Waals surface area contributed by atoms with Crippen molar-refractivity contribution in [1.29, 1.82) is 0 Å². The van der Waals surface area contributed by atoms with Gasteiger partial charge in [0.05, 0.1) is 24.7 Å². The van der Waals surface area contributed by atoms with Gasteiger partial charge in [0, 0.05) is 36.6 Å². The van der Waals surface area contributed by atoms with E-state index in [1.165, 1.54) is 23.1 Å². The van der Waals surface area contributed by atoms with Gasteiger partial charge in [0.15, 0.2) is 5.16 Å². The van der Waals surface area contributed by atoms with E-state index in [1.54, 1.807) is 17.8 Å². The lowest BCUT2D eigenvalue weighted by atomic mass is 9.94. The predicted octanol–water partition coefficient (Wildman–Crippen LogP) is 4.30. The van der Waals surface area contributed by atoms with Gasteiger partial charge in [-0.05, 0) is 37.1 Å². The lowest BCUT2D eigenvalue weighted by Gasteiger charge is -2.29. The molecule has 0 atom stereocenters. The van der Waals surface area contributed by atoms with Crippen molar-refractivity contribution in [3.8, 4) is 5.75 Å². The lowest BCUT2D eigenvalue weighted by molar-refractivity contribution is -0.120. The largest absolute Gasteiger partial charge is 0.497 e. The molecule has 0 fully saturated rings. The molecule has 0 saturated heterocycles. The molecular weight excluding hydrogens is 470 g/mol. The van der Waals surface area contributed by atoms with E-state index in [0.717, 1.165) is 26.6 Å². The zero-order valence-corrected chi connectivity index (χ0v) is 21.3. The van der Waals surface area contributed by atoms with Gasteiger partial charge in [-0.1, -0.05) is 30.0 Å². The fourth-order valence-corrected chi connectivity index (χ4v) is 5.97. The summed E-state index contributed by atoms with van der Waals surface area (Å²) < 4.78 is 12.7. The fraction of sp³-hybridized carbons (Fsp3) is 0.400. The Labute approximate surface area is 207 Å². The number of nitrogens with zero attached hydrogens (tertiary/aromatic N) is 2. The third-order valence-electron chi connectivity index (χ3n) is 5.68. The van der Waals surface area contributed by atoms with Crippen molar-refractivity contribution in [2.75, 3.05) is 12.9 Å². The van der Waals surface area contributed by atoms with Crippen LogP contribution in [0.4, 0.5) is 0 Å². The molecule has 9 heteroatoms. The number of hydrogen-bond acceptors (Lipinski definition) is 7. The molecule has 1 aliphatic rings. The Bertz CT molecular complexity index is 1260. The smallest absolute Gasteiger partial charge is 0.263 e. The summed E-state index contributed by atoms with van der Waals surface area (Å²) in [6.07, 6.45) is 2.71. The number of benzene rings is 1. The Morgan fingerprint density at radius 2 is 2.15 bits per heavy atom. The Morgan fingerprint density at radius 3 is 2.85 bits per heavy atom. The number of carbonyl (C=O) groups is 1. The molecule has 0 aliphatic carbocycles. The van der Waals surface area contributed by atoms with Crippen LogP contribution in [0.25, 0.3) is 10.2 Å². The number of thiophene rings is 1. The van der Waals surface area contributed by atoms with Crippen LogP contribution >= 0.6 is 23.1 Å². The standard InChI is InChI=1S/C25H29N3O4S2/c1-5-11-28-23(30)21-18-13-25(2,3)32-15-19(18)34-22(21)27-24(28)33-12-10-20(29)26-14-16-6-8-17(31-4)9-7-16/h5-9H,1,10-15H2,2-4H3,(H,26,29). The summed E-state index contributed by atoms with van der Waals surface area (Å²) in [4.78, 5) is 32.4. The van der Waals surface area contributed by atoms with E-state index in [9.17, 15) is 9.59 Å². The first-order valence-corrected chi connectivity index (χ1v) is 12.9. The molecule has 0 radical (unpaired) electrons. The van der Waals surface area contributed by atoms with Gasteiger partial charge in [0.2, 0.25) is 5.91 Å². The topological polar surface area (TPSA) is 82.5 Å². The van der Waals surface area contributed by atoms with E-state index in [-0.39, 0.29) is 17.1 Å². The maximum atomic E-state index is 13.4. The molecule has 1 aromatic carbocycles. The van der Waals surface area contributed by atoms with E-state index in [4.69, 9.17) is 14.5 Å². The van der Waals surface area contributed by atoms with E-state index < -0.39 is 0 Å².